The number of nitrogens with one attached hydrogen (secondary N) is 2. The zero-order valence-corrected chi connectivity index (χ0v) is 22.0. The molecule has 0 saturated carbocycles. The summed E-state index contributed by atoms with van der Waals surface area (Å²) < 4.78 is 4.97. The first kappa shape index (κ1) is 28.9. The van der Waals surface area contributed by atoms with Gasteiger partial charge in [0.05, 0.1) is 24.5 Å². The minimum atomic E-state index is -0.0493. The summed E-state index contributed by atoms with van der Waals surface area (Å²) in [5.74, 6) is 6.61. The van der Waals surface area contributed by atoms with E-state index >= 15 is 0 Å². The maximum atomic E-state index is 11.8. The van der Waals surface area contributed by atoms with E-state index in [2.05, 4.69) is 17.6 Å². The van der Waals surface area contributed by atoms with Crippen molar-refractivity contribution in [2.24, 2.45) is 5.84 Å². The standard InChI is InChI=1S/C13H21N5O.C8H10O.CH3.K/c1-18(15)12-5-4-9(7-10(12)14)8-17-13(19)11-3-2-6-16-11;1-7-3-5-8(9-2)6-4-7;;/h4-5,7,11,16H,2-3,6,8,14-15H2,1H3,(H,17,19);3-6H,1-2H3;1H3;/q;;-1;+1. The fourth-order valence-electron chi connectivity index (χ4n) is 2.93. The number of carbonyl (C=O) groups excluding carboxylic acids is 1. The Hall–Kier alpha value is -1.13. The number of nitrogen functional groups attached to an aromatic ring is 1. The van der Waals surface area contributed by atoms with Crippen LogP contribution >= 0.6 is 0 Å². The van der Waals surface area contributed by atoms with Gasteiger partial charge in [-0.2, -0.15) is 0 Å². The molecule has 0 aromatic heterocycles. The van der Waals surface area contributed by atoms with Crippen molar-refractivity contribution in [3.05, 3.63) is 61.0 Å². The Balaban J connectivity index is 0.000000652. The fourth-order valence-corrected chi connectivity index (χ4v) is 2.93. The van der Waals surface area contributed by atoms with Crippen LogP contribution in [0.2, 0.25) is 0 Å². The van der Waals surface area contributed by atoms with Crippen molar-refractivity contribution in [3.63, 3.8) is 0 Å². The molecule has 1 saturated heterocycles. The number of methoxy groups -OCH3 is 1. The average molecular weight is 440 g/mol. The van der Waals surface area contributed by atoms with Crippen LogP contribution < -0.4 is 83.3 Å². The summed E-state index contributed by atoms with van der Waals surface area (Å²) in [6.07, 6.45) is 1.97. The molecule has 1 fully saturated rings. The van der Waals surface area contributed by atoms with Crippen LogP contribution in [-0.4, -0.2) is 32.7 Å². The summed E-state index contributed by atoms with van der Waals surface area (Å²) in [5.41, 5.74) is 9.51. The van der Waals surface area contributed by atoms with Crippen LogP contribution in [0.25, 0.3) is 0 Å². The minimum Gasteiger partial charge on any atom is -0.497 e. The fraction of sp³-hybridized carbons (Fsp3) is 0.364. The van der Waals surface area contributed by atoms with Crippen molar-refractivity contribution in [2.45, 2.75) is 32.4 Å². The zero-order valence-electron chi connectivity index (χ0n) is 18.9. The number of nitrogens with two attached hydrogens (primary N) is 2. The average Bonchev–Trinajstić information content (AvgIpc) is 3.22. The molecular weight excluding hydrogens is 405 g/mol. The molecule has 1 atom stereocenters. The second kappa shape index (κ2) is 14.8. The van der Waals surface area contributed by atoms with E-state index in [9.17, 15) is 4.79 Å². The predicted molar refractivity (Wildman–Crippen MR) is 120 cm³/mol. The summed E-state index contributed by atoms with van der Waals surface area (Å²) in [7, 11) is 3.41. The second-order valence-electron chi connectivity index (χ2n) is 6.89. The number of hydrazine groups is 1. The summed E-state index contributed by atoms with van der Waals surface area (Å²) in [6, 6.07) is 13.5. The van der Waals surface area contributed by atoms with Crippen molar-refractivity contribution in [2.75, 3.05) is 31.4 Å². The first-order valence-corrected chi connectivity index (χ1v) is 9.39. The molecule has 160 valence electrons. The number of hydrogen-bond donors (Lipinski definition) is 4. The van der Waals surface area contributed by atoms with E-state index in [0.717, 1.165) is 36.4 Å². The van der Waals surface area contributed by atoms with Crippen molar-refractivity contribution in [3.8, 4) is 5.75 Å². The van der Waals surface area contributed by atoms with Gasteiger partial charge in [0.15, 0.2) is 0 Å². The van der Waals surface area contributed by atoms with E-state index in [1.54, 1.807) is 14.2 Å². The Kier molecular flexibility index (Phi) is 14.2. The first-order valence-electron chi connectivity index (χ1n) is 9.39. The molecule has 0 radical (unpaired) electrons. The van der Waals surface area contributed by atoms with Gasteiger partial charge in [-0.25, -0.2) is 5.84 Å². The van der Waals surface area contributed by atoms with Gasteiger partial charge in [0, 0.05) is 13.6 Å². The monoisotopic (exact) mass is 439 g/mol. The van der Waals surface area contributed by atoms with Gasteiger partial charge in [0.2, 0.25) is 5.91 Å². The van der Waals surface area contributed by atoms with Gasteiger partial charge in [-0.15, -0.1) is 0 Å². The van der Waals surface area contributed by atoms with Crippen LogP contribution in [0.1, 0.15) is 24.0 Å². The predicted octanol–water partition coefficient (Wildman–Crippen LogP) is -0.595. The van der Waals surface area contributed by atoms with Gasteiger partial charge in [-0.1, -0.05) is 23.8 Å². The van der Waals surface area contributed by atoms with Crippen LogP contribution in [-0.2, 0) is 11.3 Å². The number of hydrogen-bond acceptors (Lipinski definition) is 6. The molecule has 1 aliphatic rings. The third kappa shape index (κ3) is 9.34. The number of aryl methyl sites for hydroxylation is 1. The molecule has 30 heavy (non-hydrogen) atoms. The van der Waals surface area contributed by atoms with Crippen LogP contribution in [0.4, 0.5) is 11.4 Å². The number of benzene rings is 2. The van der Waals surface area contributed by atoms with E-state index < -0.39 is 0 Å². The molecule has 2 aromatic carbocycles. The van der Waals surface area contributed by atoms with Crippen molar-refractivity contribution in [1.82, 2.24) is 10.6 Å². The van der Waals surface area contributed by atoms with Gasteiger partial charge in [0.25, 0.3) is 0 Å². The number of ether oxygens (including phenoxy) is 1. The molecule has 0 spiro atoms. The molecule has 2 aromatic rings. The van der Waals surface area contributed by atoms with E-state index in [1.807, 2.05) is 42.5 Å². The molecule has 1 aliphatic heterocycles. The molecule has 1 amide bonds. The van der Waals surface area contributed by atoms with Crippen LogP contribution in [0, 0.1) is 14.4 Å². The van der Waals surface area contributed by atoms with Crippen molar-refractivity contribution in [1.29, 1.82) is 0 Å². The molecule has 1 unspecified atom stereocenters. The molecule has 1 heterocycles. The van der Waals surface area contributed by atoms with Crippen LogP contribution in [0.5, 0.6) is 5.75 Å². The molecule has 6 N–H and O–H groups in total. The molecule has 8 heteroatoms. The third-order valence-corrected chi connectivity index (χ3v) is 4.57. The quantitative estimate of drug-likeness (QED) is 0.163. The second-order valence-corrected chi connectivity index (χ2v) is 6.89. The van der Waals surface area contributed by atoms with Crippen molar-refractivity contribution >= 4 is 17.3 Å². The van der Waals surface area contributed by atoms with Crippen LogP contribution in [0.3, 0.4) is 0 Å². The SMILES string of the molecule is CN(N)c1ccc(CNC(=O)C2CCCN2)cc1N.COc1ccc(C)cc1.[CH3-].[K+]. The summed E-state index contributed by atoms with van der Waals surface area (Å²) >= 11 is 0. The van der Waals surface area contributed by atoms with E-state index in [-0.39, 0.29) is 70.8 Å². The smallest absolute Gasteiger partial charge is 0.497 e. The Morgan fingerprint density at radius 1 is 1.27 bits per heavy atom. The van der Waals surface area contributed by atoms with Gasteiger partial charge in [-0.05, 0) is 56.1 Å². The summed E-state index contributed by atoms with van der Waals surface area (Å²) in [4.78, 5) is 11.8. The molecular formula is C22H34KN5O2. The largest absolute Gasteiger partial charge is 1.00 e. The number of rotatable bonds is 5. The third-order valence-electron chi connectivity index (χ3n) is 4.57. The molecule has 0 aliphatic carbocycles. The maximum Gasteiger partial charge on any atom is 1.00 e. The maximum absolute atomic E-state index is 11.8. The molecule has 7 nitrogen and oxygen atoms in total. The number of nitrogens with zero attached hydrogens (tertiary/aromatic N) is 1. The Labute approximate surface area is 223 Å². The first-order chi connectivity index (χ1) is 13.4. The molecule has 3 rings (SSSR count). The number of amides is 1. The van der Waals surface area contributed by atoms with Crippen molar-refractivity contribution < 1.29 is 60.9 Å². The Morgan fingerprint density at radius 2 is 1.93 bits per heavy atom. The van der Waals surface area contributed by atoms with Gasteiger partial charge >= 0.3 is 51.4 Å². The molecule has 0 bridgehead atoms. The van der Waals surface area contributed by atoms with Crippen LogP contribution in [0.15, 0.2) is 42.5 Å². The van der Waals surface area contributed by atoms with E-state index in [1.165, 1.54) is 10.6 Å². The summed E-state index contributed by atoms with van der Waals surface area (Å²) in [5, 5.41) is 7.56. The van der Waals surface area contributed by atoms with Gasteiger partial charge < -0.3 is 33.5 Å². The van der Waals surface area contributed by atoms with Gasteiger partial charge in [-0.3, -0.25) is 4.79 Å². The minimum absolute atomic E-state index is 0. The van der Waals surface area contributed by atoms with Gasteiger partial charge in [0.1, 0.15) is 5.75 Å². The van der Waals surface area contributed by atoms with E-state index in [0.29, 0.717) is 12.2 Å². The Morgan fingerprint density at radius 3 is 2.43 bits per heavy atom. The zero-order chi connectivity index (χ0) is 20.5. The normalized spacial score (nSPS) is 14.3. The van der Waals surface area contributed by atoms with E-state index in [4.69, 9.17) is 16.3 Å². The topological polar surface area (TPSA) is 106 Å². The Bertz CT molecular complexity index is 763. The number of anilines is 2. The number of carbonyl (C=O) groups is 1. The summed E-state index contributed by atoms with van der Waals surface area (Å²) in [6.45, 7) is 3.46.